The molecule has 0 saturated heterocycles. The van der Waals surface area contributed by atoms with Crippen molar-refractivity contribution in [3.63, 3.8) is 0 Å². The normalized spacial score (nSPS) is 17.0. The molecule has 1 atom stereocenters. The minimum absolute atomic E-state index is 0.384. The predicted molar refractivity (Wildman–Crippen MR) is 83.7 cm³/mol. The largest absolute Gasteiger partial charge is 0.329 e. The summed E-state index contributed by atoms with van der Waals surface area (Å²) < 4.78 is 0. The van der Waals surface area contributed by atoms with E-state index in [0.717, 1.165) is 12.6 Å². The van der Waals surface area contributed by atoms with Gasteiger partial charge in [-0.2, -0.15) is 0 Å². The van der Waals surface area contributed by atoms with E-state index in [1.807, 2.05) is 22.7 Å². The first kappa shape index (κ1) is 13.3. The van der Waals surface area contributed by atoms with E-state index < -0.39 is 0 Å². The van der Waals surface area contributed by atoms with Crippen molar-refractivity contribution in [2.24, 2.45) is 5.73 Å². The Kier molecular flexibility index (Phi) is 4.03. The van der Waals surface area contributed by atoms with Gasteiger partial charge in [-0.3, -0.25) is 4.90 Å². The summed E-state index contributed by atoms with van der Waals surface area (Å²) in [4.78, 5) is 5.51. The van der Waals surface area contributed by atoms with E-state index in [-0.39, 0.29) is 0 Å². The van der Waals surface area contributed by atoms with Gasteiger partial charge in [0.15, 0.2) is 0 Å². The van der Waals surface area contributed by atoms with Gasteiger partial charge in [0.05, 0.1) is 6.04 Å². The highest BCUT2D eigenvalue weighted by Gasteiger charge is 2.35. The van der Waals surface area contributed by atoms with Gasteiger partial charge >= 0.3 is 0 Å². The van der Waals surface area contributed by atoms with Crippen LogP contribution in [0.2, 0.25) is 0 Å². The van der Waals surface area contributed by atoms with E-state index in [4.69, 9.17) is 5.73 Å². The molecule has 0 aliphatic heterocycles. The lowest BCUT2D eigenvalue weighted by Gasteiger charge is -2.30. The third-order valence-corrected chi connectivity index (χ3v) is 5.74. The molecule has 0 bridgehead atoms. The molecule has 1 fully saturated rings. The summed E-state index contributed by atoms with van der Waals surface area (Å²) in [6, 6.07) is 7.69. The zero-order valence-corrected chi connectivity index (χ0v) is 12.8. The van der Waals surface area contributed by atoms with Crippen molar-refractivity contribution in [2.45, 2.75) is 38.4 Å². The lowest BCUT2D eigenvalue weighted by Crippen LogP contribution is -2.34. The minimum atomic E-state index is 0.384. The van der Waals surface area contributed by atoms with Crippen LogP contribution in [0, 0.1) is 6.92 Å². The average Bonchev–Trinajstić information content (AvgIpc) is 2.97. The van der Waals surface area contributed by atoms with Crippen LogP contribution in [0.25, 0.3) is 0 Å². The lowest BCUT2D eigenvalue weighted by atomic mass is 10.1. The van der Waals surface area contributed by atoms with Crippen molar-refractivity contribution in [2.75, 3.05) is 6.54 Å². The molecule has 1 aliphatic carbocycles. The number of rotatable bonds is 6. The molecule has 102 valence electrons. The van der Waals surface area contributed by atoms with E-state index in [9.17, 15) is 0 Å². The van der Waals surface area contributed by atoms with Gasteiger partial charge in [0.2, 0.25) is 0 Å². The van der Waals surface area contributed by atoms with Gasteiger partial charge in [-0.05, 0) is 48.2 Å². The Morgan fingerprint density at radius 1 is 1.32 bits per heavy atom. The summed E-state index contributed by atoms with van der Waals surface area (Å²) in [6.45, 7) is 3.95. The van der Waals surface area contributed by atoms with Gasteiger partial charge in [0, 0.05) is 28.9 Å². The fourth-order valence-electron chi connectivity index (χ4n) is 2.60. The van der Waals surface area contributed by atoms with E-state index in [1.165, 1.54) is 28.2 Å². The Morgan fingerprint density at radius 3 is 2.68 bits per heavy atom. The molecule has 1 saturated carbocycles. The molecule has 2 N–H and O–H groups in total. The molecule has 2 aromatic heterocycles. The zero-order valence-electron chi connectivity index (χ0n) is 11.2. The predicted octanol–water partition coefficient (Wildman–Crippen LogP) is 3.78. The number of hydrogen-bond acceptors (Lipinski definition) is 4. The minimum Gasteiger partial charge on any atom is -0.329 e. The quantitative estimate of drug-likeness (QED) is 0.878. The van der Waals surface area contributed by atoms with Crippen LogP contribution >= 0.6 is 22.7 Å². The Bertz CT molecular complexity index is 514. The van der Waals surface area contributed by atoms with Crippen LogP contribution in [0.5, 0.6) is 0 Å². The standard InChI is InChI=1S/C15H20N2S2/c1-11-6-8-19-15(11)14(9-16)17(12-4-5-12)10-13-3-2-7-18-13/h2-3,6-8,12,14H,4-5,9-10,16H2,1H3. The Balaban J connectivity index is 1.83. The summed E-state index contributed by atoms with van der Waals surface area (Å²) in [5.74, 6) is 0. The van der Waals surface area contributed by atoms with Crippen molar-refractivity contribution in [1.82, 2.24) is 4.90 Å². The second-order valence-corrected chi connectivity index (χ2v) is 7.18. The highest BCUT2D eigenvalue weighted by atomic mass is 32.1. The third-order valence-electron chi connectivity index (χ3n) is 3.76. The lowest BCUT2D eigenvalue weighted by molar-refractivity contribution is 0.186. The third kappa shape index (κ3) is 2.92. The summed E-state index contributed by atoms with van der Waals surface area (Å²) in [5, 5.41) is 4.35. The monoisotopic (exact) mass is 292 g/mol. The molecular formula is C15H20N2S2. The number of thiophene rings is 2. The smallest absolute Gasteiger partial charge is 0.0573 e. The van der Waals surface area contributed by atoms with E-state index in [1.54, 1.807) is 0 Å². The van der Waals surface area contributed by atoms with Crippen molar-refractivity contribution in [3.05, 3.63) is 44.3 Å². The second kappa shape index (κ2) is 5.75. The maximum absolute atomic E-state index is 6.10. The molecule has 2 nitrogen and oxygen atoms in total. The van der Waals surface area contributed by atoms with Gasteiger partial charge in [0.1, 0.15) is 0 Å². The van der Waals surface area contributed by atoms with Crippen LogP contribution in [-0.4, -0.2) is 17.5 Å². The topological polar surface area (TPSA) is 29.3 Å². The second-order valence-electron chi connectivity index (χ2n) is 5.20. The van der Waals surface area contributed by atoms with Crippen molar-refractivity contribution in [3.8, 4) is 0 Å². The van der Waals surface area contributed by atoms with Crippen molar-refractivity contribution in [1.29, 1.82) is 0 Å². The fourth-order valence-corrected chi connectivity index (χ4v) is 4.38. The molecule has 19 heavy (non-hydrogen) atoms. The molecular weight excluding hydrogens is 272 g/mol. The van der Waals surface area contributed by atoms with Crippen molar-refractivity contribution < 1.29 is 0 Å². The van der Waals surface area contributed by atoms with E-state index >= 15 is 0 Å². The summed E-state index contributed by atoms with van der Waals surface area (Å²) in [7, 11) is 0. The number of nitrogens with zero attached hydrogens (tertiary/aromatic N) is 1. The molecule has 0 radical (unpaired) electrons. The number of aryl methyl sites for hydroxylation is 1. The van der Waals surface area contributed by atoms with Gasteiger partial charge < -0.3 is 5.73 Å². The van der Waals surface area contributed by atoms with E-state index in [2.05, 4.69) is 40.8 Å². The molecule has 0 aromatic carbocycles. The molecule has 4 heteroatoms. The molecule has 1 aliphatic rings. The highest BCUT2D eigenvalue weighted by molar-refractivity contribution is 7.10. The Hall–Kier alpha value is -0.680. The van der Waals surface area contributed by atoms with Crippen molar-refractivity contribution >= 4 is 22.7 Å². The van der Waals surface area contributed by atoms with Crippen LogP contribution in [0.4, 0.5) is 0 Å². The average molecular weight is 292 g/mol. The fraction of sp³-hybridized carbons (Fsp3) is 0.467. The first-order valence-electron chi connectivity index (χ1n) is 6.81. The zero-order chi connectivity index (χ0) is 13.2. The molecule has 0 spiro atoms. The van der Waals surface area contributed by atoms with Gasteiger partial charge in [-0.15, -0.1) is 22.7 Å². The summed E-state index contributed by atoms with van der Waals surface area (Å²) in [5.41, 5.74) is 7.48. The molecule has 2 aromatic rings. The van der Waals surface area contributed by atoms with Gasteiger partial charge in [-0.1, -0.05) is 6.07 Å². The molecule has 0 amide bonds. The summed E-state index contributed by atoms with van der Waals surface area (Å²) >= 11 is 3.70. The highest BCUT2D eigenvalue weighted by Crippen LogP contribution is 2.38. The Labute approximate surface area is 122 Å². The van der Waals surface area contributed by atoms with E-state index in [0.29, 0.717) is 12.6 Å². The first-order chi connectivity index (χ1) is 9.29. The first-order valence-corrected chi connectivity index (χ1v) is 8.57. The maximum Gasteiger partial charge on any atom is 0.0573 e. The number of nitrogens with two attached hydrogens (primary N) is 1. The van der Waals surface area contributed by atoms with Gasteiger partial charge in [-0.25, -0.2) is 0 Å². The SMILES string of the molecule is Cc1ccsc1C(CN)N(Cc1cccs1)C1CC1. The summed E-state index contributed by atoms with van der Waals surface area (Å²) in [6.07, 6.45) is 2.65. The maximum atomic E-state index is 6.10. The molecule has 3 rings (SSSR count). The van der Waals surface area contributed by atoms with Crippen LogP contribution < -0.4 is 5.73 Å². The molecule has 1 unspecified atom stereocenters. The van der Waals surface area contributed by atoms with Gasteiger partial charge in [0.25, 0.3) is 0 Å². The van der Waals surface area contributed by atoms with Crippen LogP contribution in [0.15, 0.2) is 29.0 Å². The van der Waals surface area contributed by atoms with Crippen LogP contribution in [-0.2, 0) is 6.54 Å². The van der Waals surface area contributed by atoms with Crippen LogP contribution in [0.3, 0.4) is 0 Å². The Morgan fingerprint density at radius 2 is 2.16 bits per heavy atom. The number of hydrogen-bond donors (Lipinski definition) is 1. The van der Waals surface area contributed by atoms with Crippen LogP contribution in [0.1, 0.15) is 34.2 Å². The molecule has 2 heterocycles.